The third kappa shape index (κ3) is 5.92. The number of para-hydroxylation sites is 1. The molecule has 3 aliphatic heterocycles. The summed E-state index contributed by atoms with van der Waals surface area (Å²) in [6.07, 6.45) is 4.23. The third-order valence-electron chi connectivity index (χ3n) is 6.37. The quantitative estimate of drug-likeness (QED) is 0.576. The summed E-state index contributed by atoms with van der Waals surface area (Å²) >= 11 is 0. The number of nitrogens with zero attached hydrogens (tertiary/aromatic N) is 4. The van der Waals surface area contributed by atoms with Crippen molar-refractivity contribution in [3.05, 3.63) is 65.5 Å². The van der Waals surface area contributed by atoms with Crippen molar-refractivity contribution < 1.29 is 19.0 Å². The number of hydrogen-bond donors (Lipinski definition) is 1. The molecule has 0 saturated carbocycles. The van der Waals surface area contributed by atoms with E-state index in [9.17, 15) is 4.79 Å². The lowest BCUT2D eigenvalue weighted by atomic mass is 10.0. The van der Waals surface area contributed by atoms with Crippen LogP contribution in [0.3, 0.4) is 0 Å². The number of carbonyl (C=O) groups excluding carboxylic acids is 1. The zero-order chi connectivity index (χ0) is 24.0. The van der Waals surface area contributed by atoms with E-state index >= 15 is 0 Å². The summed E-state index contributed by atoms with van der Waals surface area (Å²) in [4.78, 5) is 15.1. The molecule has 184 valence electrons. The molecule has 9 nitrogen and oxygen atoms in total. The number of nitrogens with one attached hydrogen (secondary N) is 1. The largest absolute Gasteiger partial charge is 0.493 e. The van der Waals surface area contributed by atoms with Gasteiger partial charge in [0.1, 0.15) is 24.7 Å². The van der Waals surface area contributed by atoms with Crippen LogP contribution in [0.25, 0.3) is 0 Å². The highest BCUT2D eigenvalue weighted by Gasteiger charge is 2.23. The van der Waals surface area contributed by atoms with Crippen molar-refractivity contribution in [2.45, 2.75) is 45.0 Å². The minimum absolute atomic E-state index is 0.0450. The molecule has 9 heteroatoms. The van der Waals surface area contributed by atoms with Crippen molar-refractivity contribution in [1.82, 2.24) is 25.2 Å². The highest BCUT2D eigenvalue weighted by molar-refractivity contribution is 5.78. The number of methoxy groups -OCH3 is 1. The standard InChI is InChI=1S/C26H31N5O4/c1-33-24-6-2-4-20-15-30-11-3-5-21(16-30)27-25(32)14-19-7-9-23(10-8-19)34-13-12-31-17-22(28-29-31)18-35-26(20)24/h2,4,6-10,17,21H,3,5,11-16,18H2,1H3,(H,27,32). The van der Waals surface area contributed by atoms with Crippen LogP contribution < -0.4 is 19.5 Å². The van der Waals surface area contributed by atoms with Crippen molar-refractivity contribution in [1.29, 1.82) is 0 Å². The summed E-state index contributed by atoms with van der Waals surface area (Å²) in [6, 6.07) is 13.8. The van der Waals surface area contributed by atoms with Crippen molar-refractivity contribution in [2.24, 2.45) is 0 Å². The van der Waals surface area contributed by atoms with E-state index in [4.69, 9.17) is 14.2 Å². The topological polar surface area (TPSA) is 90.7 Å². The van der Waals surface area contributed by atoms with Crippen LogP contribution in [-0.2, 0) is 30.9 Å². The molecule has 4 heterocycles. The van der Waals surface area contributed by atoms with Gasteiger partial charge in [-0.15, -0.1) is 5.10 Å². The molecule has 2 atom stereocenters. The van der Waals surface area contributed by atoms with Crippen molar-refractivity contribution in [3.63, 3.8) is 0 Å². The number of ether oxygens (including phenoxy) is 3. The third-order valence-corrected chi connectivity index (χ3v) is 6.37. The van der Waals surface area contributed by atoms with E-state index in [0.717, 1.165) is 48.5 Å². The molecule has 0 radical (unpaired) electrons. The van der Waals surface area contributed by atoms with Crippen molar-refractivity contribution in [2.75, 3.05) is 26.8 Å². The first-order valence-corrected chi connectivity index (χ1v) is 12.1. The monoisotopic (exact) mass is 477 g/mol. The molecule has 3 aromatic rings. The lowest BCUT2D eigenvalue weighted by Crippen LogP contribution is -2.47. The van der Waals surface area contributed by atoms with E-state index in [0.29, 0.717) is 37.6 Å². The van der Waals surface area contributed by atoms with Gasteiger partial charge in [-0.05, 0) is 43.1 Å². The van der Waals surface area contributed by atoms with Crippen LogP contribution in [0.4, 0.5) is 0 Å². The first-order valence-electron chi connectivity index (χ1n) is 12.1. The van der Waals surface area contributed by atoms with E-state index in [-0.39, 0.29) is 18.6 Å². The normalized spacial score (nSPS) is 21.0. The van der Waals surface area contributed by atoms with Crippen LogP contribution in [0.5, 0.6) is 17.2 Å². The summed E-state index contributed by atoms with van der Waals surface area (Å²) in [5.41, 5.74) is 2.74. The smallest absolute Gasteiger partial charge is 0.224 e. The van der Waals surface area contributed by atoms with Gasteiger partial charge in [0.05, 0.1) is 26.3 Å². The number of rotatable bonds is 1. The van der Waals surface area contributed by atoms with E-state index < -0.39 is 0 Å². The number of amides is 1. The second-order valence-corrected chi connectivity index (χ2v) is 9.02. The second kappa shape index (κ2) is 10.8. The SMILES string of the molecule is COc1cccc2c1OCc1cn(nn1)CCOc1ccc(cc1)CC(=O)NC1CCCN(C2)C1. The maximum atomic E-state index is 12.7. The Hall–Kier alpha value is -3.59. The second-order valence-electron chi connectivity index (χ2n) is 9.02. The number of hydrogen-bond acceptors (Lipinski definition) is 7. The van der Waals surface area contributed by atoms with Gasteiger partial charge in [-0.25, -0.2) is 4.68 Å². The molecule has 0 spiro atoms. The zero-order valence-corrected chi connectivity index (χ0v) is 20.0. The molecule has 1 amide bonds. The summed E-state index contributed by atoms with van der Waals surface area (Å²) in [5, 5.41) is 11.7. The van der Waals surface area contributed by atoms with Crippen LogP contribution in [-0.4, -0.2) is 58.6 Å². The van der Waals surface area contributed by atoms with E-state index in [1.54, 1.807) is 11.8 Å². The number of carbonyl (C=O) groups is 1. The van der Waals surface area contributed by atoms with Gasteiger partial charge in [0.15, 0.2) is 11.5 Å². The van der Waals surface area contributed by atoms with Gasteiger partial charge >= 0.3 is 0 Å². The van der Waals surface area contributed by atoms with E-state index in [2.05, 4.69) is 26.6 Å². The summed E-state index contributed by atoms with van der Waals surface area (Å²) in [6.45, 7) is 3.78. The van der Waals surface area contributed by atoms with Crippen LogP contribution in [0.1, 0.15) is 29.7 Å². The Balaban J connectivity index is 1.39. The predicted octanol–water partition coefficient (Wildman–Crippen LogP) is 2.58. The summed E-state index contributed by atoms with van der Waals surface area (Å²) < 4.78 is 19.4. The number of piperidine rings is 1. The Kier molecular flexibility index (Phi) is 7.13. The van der Waals surface area contributed by atoms with Gasteiger partial charge in [0.2, 0.25) is 5.91 Å². The minimum atomic E-state index is 0.0450. The summed E-state index contributed by atoms with van der Waals surface area (Å²) in [5.74, 6) is 2.21. The fourth-order valence-corrected chi connectivity index (χ4v) is 4.65. The van der Waals surface area contributed by atoms with Crippen molar-refractivity contribution >= 4 is 5.91 Å². The molecule has 3 aliphatic rings. The van der Waals surface area contributed by atoms with Crippen LogP contribution in [0, 0.1) is 0 Å². The predicted molar refractivity (Wildman–Crippen MR) is 129 cm³/mol. The molecule has 1 saturated heterocycles. The lowest BCUT2D eigenvalue weighted by molar-refractivity contribution is -0.121. The van der Waals surface area contributed by atoms with Gasteiger partial charge in [-0.1, -0.05) is 29.5 Å². The van der Waals surface area contributed by atoms with Gasteiger partial charge in [-0.3, -0.25) is 9.69 Å². The van der Waals surface area contributed by atoms with Crippen LogP contribution >= 0.6 is 0 Å². The zero-order valence-electron chi connectivity index (χ0n) is 20.0. The number of aromatic nitrogens is 3. The van der Waals surface area contributed by atoms with E-state index in [1.165, 1.54) is 0 Å². The molecular formula is C26H31N5O4. The molecule has 1 N–H and O–H groups in total. The number of fused-ring (bicyclic) bond motifs is 7. The molecule has 0 aliphatic carbocycles. The Morgan fingerprint density at radius 3 is 2.86 bits per heavy atom. The average molecular weight is 478 g/mol. The molecule has 1 aromatic heterocycles. The Morgan fingerprint density at radius 1 is 1.11 bits per heavy atom. The fourth-order valence-electron chi connectivity index (χ4n) is 4.65. The first-order chi connectivity index (χ1) is 17.2. The molecule has 35 heavy (non-hydrogen) atoms. The van der Waals surface area contributed by atoms with Crippen molar-refractivity contribution in [3.8, 4) is 17.2 Å². The maximum absolute atomic E-state index is 12.7. The average Bonchev–Trinajstić information content (AvgIpc) is 3.31. The highest BCUT2D eigenvalue weighted by Crippen LogP contribution is 2.33. The fraction of sp³-hybridized carbons (Fsp3) is 0.423. The lowest BCUT2D eigenvalue weighted by Gasteiger charge is -2.33. The molecule has 1 fully saturated rings. The van der Waals surface area contributed by atoms with E-state index in [1.807, 2.05) is 42.6 Å². The summed E-state index contributed by atoms with van der Waals surface area (Å²) in [7, 11) is 1.65. The first kappa shape index (κ1) is 23.2. The molecule has 6 bridgehead atoms. The molecular weight excluding hydrogens is 446 g/mol. The Bertz CT molecular complexity index is 1150. The number of benzene rings is 2. The van der Waals surface area contributed by atoms with Crippen LogP contribution in [0.2, 0.25) is 0 Å². The molecule has 2 unspecified atom stereocenters. The molecule has 2 aromatic carbocycles. The maximum Gasteiger partial charge on any atom is 0.224 e. The minimum Gasteiger partial charge on any atom is -0.493 e. The van der Waals surface area contributed by atoms with Gasteiger partial charge in [0.25, 0.3) is 0 Å². The molecule has 6 rings (SSSR count). The van der Waals surface area contributed by atoms with Crippen LogP contribution in [0.15, 0.2) is 48.7 Å². The van der Waals surface area contributed by atoms with Gasteiger partial charge < -0.3 is 19.5 Å². The van der Waals surface area contributed by atoms with Gasteiger partial charge in [0, 0.05) is 24.7 Å². The Labute approximate surface area is 205 Å². The van der Waals surface area contributed by atoms with Gasteiger partial charge in [-0.2, -0.15) is 0 Å². The Morgan fingerprint density at radius 2 is 2.00 bits per heavy atom. The highest BCUT2D eigenvalue weighted by atomic mass is 16.5.